The maximum Gasteiger partial charge on any atom is 0.127 e. The lowest BCUT2D eigenvalue weighted by Gasteiger charge is -2.35. The van der Waals surface area contributed by atoms with Crippen molar-refractivity contribution in [3.63, 3.8) is 0 Å². The molecule has 0 saturated heterocycles. The number of ether oxygens (including phenoxy) is 4. The second kappa shape index (κ2) is 29.2. The smallest absolute Gasteiger partial charge is 0.127 e. The average molecular weight is 1420 g/mol. The lowest BCUT2D eigenvalue weighted by molar-refractivity contribution is 0.209. The first-order chi connectivity index (χ1) is 54.2. The van der Waals surface area contributed by atoms with Crippen LogP contribution in [0.4, 0.5) is 34.1 Å². The number of fused-ring (bicyclic) bond motifs is 6. The van der Waals surface area contributed by atoms with Crippen LogP contribution < -0.4 is 28.7 Å². The summed E-state index contributed by atoms with van der Waals surface area (Å²) in [6.45, 7) is 12.4. The highest BCUT2D eigenvalue weighted by Gasteiger charge is 2.48. The van der Waals surface area contributed by atoms with Crippen LogP contribution in [0.25, 0.3) is 39.5 Å². The van der Waals surface area contributed by atoms with Gasteiger partial charge in [0, 0.05) is 40.0 Å². The molecule has 0 N–H and O–H groups in total. The van der Waals surface area contributed by atoms with Gasteiger partial charge in [-0.2, -0.15) is 0 Å². The van der Waals surface area contributed by atoms with Crippen molar-refractivity contribution in [2.75, 3.05) is 9.80 Å². The minimum absolute atomic E-state index is 0.108. The molecule has 4 aliphatic carbocycles. The second-order valence-electron chi connectivity index (χ2n) is 28.8. The minimum Gasteiger partial charge on any atom is -0.486 e. The number of para-hydroxylation sites is 3. The standard InChI is InChI=1S/C104H80N2O4/c1-5-73-33-54-88(55-34-73)108-90-58-42-78(43-59-90)103(77-40-56-89(57-41-77)107-87-26-14-9-15-27-87)98-31-18-16-29-94(98)96-64-52-85(69-100(96)103)105(81-22-10-7-11-23-81)83-48-36-75(37-49-83)76-38-50-84(51-39-76)106(82-24-12-8-13-25-82)86-53-65-97-95-30-17-19-32-99(95)104(101(97)70-86,79-44-60-91(61-45-79)109-93-28-20-21-71(3)67-93)80-46-62-92(63-47-80)110-102-66-35-74(6-2)68-72(102)4/h5-20,22-72,102H,1-2,21H2,3-4H3/t71?,72?,102?,103-,104?/m1/s1. The lowest BCUT2D eigenvalue weighted by atomic mass is 9.67. The maximum absolute atomic E-state index is 6.76. The molecule has 0 aromatic heterocycles. The van der Waals surface area contributed by atoms with Crippen molar-refractivity contribution in [2.24, 2.45) is 11.8 Å². The molecule has 18 rings (SSSR count). The lowest BCUT2D eigenvalue weighted by Crippen LogP contribution is -2.29. The Morgan fingerprint density at radius 1 is 0.336 bits per heavy atom. The van der Waals surface area contributed by atoms with Gasteiger partial charge >= 0.3 is 0 Å². The van der Waals surface area contributed by atoms with Gasteiger partial charge in [0.1, 0.15) is 46.4 Å². The number of hydrogen-bond donors (Lipinski definition) is 0. The normalized spacial score (nSPS) is 17.6. The molecular weight excluding hydrogens is 1340 g/mol. The van der Waals surface area contributed by atoms with E-state index in [4.69, 9.17) is 18.9 Å². The molecule has 0 fully saturated rings. The third-order valence-corrected chi connectivity index (χ3v) is 22.1. The molecule has 530 valence electrons. The fourth-order valence-electron chi connectivity index (χ4n) is 16.9. The van der Waals surface area contributed by atoms with Crippen molar-refractivity contribution in [3.05, 3.63) is 463 Å². The van der Waals surface area contributed by atoms with Crippen molar-refractivity contribution in [1.82, 2.24) is 0 Å². The van der Waals surface area contributed by atoms with Gasteiger partial charge in [0.25, 0.3) is 0 Å². The van der Waals surface area contributed by atoms with Crippen molar-refractivity contribution >= 4 is 40.2 Å². The molecule has 6 nitrogen and oxygen atoms in total. The first-order valence-corrected chi connectivity index (χ1v) is 37.9. The van der Waals surface area contributed by atoms with Crippen LogP contribution in [0.2, 0.25) is 0 Å². The van der Waals surface area contributed by atoms with Crippen LogP contribution in [0.3, 0.4) is 0 Å². The quantitative estimate of drug-likeness (QED) is 0.0714. The Kier molecular flexibility index (Phi) is 18.1. The zero-order valence-electron chi connectivity index (χ0n) is 61.4. The van der Waals surface area contributed by atoms with Gasteiger partial charge in [-0.05, 0) is 265 Å². The van der Waals surface area contributed by atoms with Crippen LogP contribution in [0.1, 0.15) is 70.3 Å². The summed E-state index contributed by atoms with van der Waals surface area (Å²) in [7, 11) is 0. The number of nitrogens with zero attached hydrogens (tertiary/aromatic N) is 2. The summed E-state index contributed by atoms with van der Waals surface area (Å²) in [5.41, 5.74) is 23.1. The number of rotatable bonds is 21. The monoisotopic (exact) mass is 1420 g/mol. The summed E-state index contributed by atoms with van der Waals surface area (Å²) < 4.78 is 26.3. The maximum atomic E-state index is 6.76. The Labute approximate surface area is 644 Å². The fraction of sp³-hybridized carbons (Fsp3) is 0.0769. The van der Waals surface area contributed by atoms with Gasteiger partial charge in [0.15, 0.2) is 0 Å². The van der Waals surface area contributed by atoms with Crippen molar-refractivity contribution in [3.8, 4) is 67.9 Å². The molecule has 0 saturated carbocycles. The van der Waals surface area contributed by atoms with E-state index in [2.05, 4.69) is 364 Å². The number of anilines is 6. The fourth-order valence-corrected chi connectivity index (χ4v) is 16.9. The summed E-state index contributed by atoms with van der Waals surface area (Å²) in [6.07, 6.45) is 17.6. The molecule has 14 aromatic carbocycles. The van der Waals surface area contributed by atoms with Crippen LogP contribution in [-0.2, 0) is 10.8 Å². The van der Waals surface area contributed by atoms with Gasteiger partial charge in [-0.25, -0.2) is 0 Å². The molecule has 4 aliphatic rings. The molecule has 0 spiro atoms. The third-order valence-electron chi connectivity index (χ3n) is 22.1. The molecule has 0 aliphatic heterocycles. The molecule has 14 aromatic rings. The van der Waals surface area contributed by atoms with Crippen LogP contribution in [0.5, 0.6) is 34.5 Å². The van der Waals surface area contributed by atoms with E-state index < -0.39 is 10.8 Å². The minimum atomic E-state index is -0.750. The Morgan fingerprint density at radius 3 is 1.15 bits per heavy atom. The number of hydrogen-bond acceptors (Lipinski definition) is 6. The summed E-state index contributed by atoms with van der Waals surface area (Å²) in [5, 5.41) is 0. The summed E-state index contributed by atoms with van der Waals surface area (Å²) in [6, 6.07) is 124. The van der Waals surface area contributed by atoms with Crippen LogP contribution in [0, 0.1) is 11.8 Å². The van der Waals surface area contributed by atoms with Gasteiger partial charge < -0.3 is 28.7 Å². The van der Waals surface area contributed by atoms with Crippen LogP contribution in [0.15, 0.2) is 413 Å². The summed E-state index contributed by atoms with van der Waals surface area (Å²) >= 11 is 0. The molecule has 6 heteroatoms. The number of benzene rings is 14. The molecule has 0 bridgehead atoms. The molecule has 5 atom stereocenters. The summed E-state index contributed by atoms with van der Waals surface area (Å²) in [4.78, 5) is 4.76. The first kappa shape index (κ1) is 68.2. The van der Waals surface area contributed by atoms with E-state index in [9.17, 15) is 0 Å². The van der Waals surface area contributed by atoms with Gasteiger partial charge in [-0.3, -0.25) is 0 Å². The Hall–Kier alpha value is -13.7. The van der Waals surface area contributed by atoms with Crippen molar-refractivity contribution in [1.29, 1.82) is 0 Å². The summed E-state index contributed by atoms with van der Waals surface area (Å²) in [5.74, 6) is 6.11. The van der Waals surface area contributed by atoms with E-state index in [0.29, 0.717) is 5.92 Å². The van der Waals surface area contributed by atoms with E-state index in [1.165, 1.54) is 44.5 Å². The van der Waals surface area contributed by atoms with Gasteiger partial charge in [-0.15, -0.1) is 0 Å². The SMILES string of the molecule is C=CC1=CC(C)C(Oc2ccc(C3(c4ccc(OC5=CC(C)CC=C5)cc4)c4ccccc4-c4ccc(N(c5ccccc5)c5ccc(-c6ccc(N(c7ccccc7)c7ccc8c(c7)[C@](c7ccc(Oc9ccccc9)cc7)(c7ccc(Oc9ccc(C=C)cc9)cc7)c7ccccc7-8)cc6)cc5)cc43)cc2)C=C1. The highest BCUT2D eigenvalue weighted by Crippen LogP contribution is 2.60. The average Bonchev–Trinajstić information content (AvgIpc) is 1.54. The molecule has 0 amide bonds. The zero-order chi connectivity index (χ0) is 74.1. The second-order valence-corrected chi connectivity index (χ2v) is 28.8. The van der Waals surface area contributed by atoms with E-state index in [0.717, 1.165) is 125 Å². The van der Waals surface area contributed by atoms with E-state index in [1.54, 1.807) is 0 Å². The third kappa shape index (κ3) is 12.6. The predicted molar refractivity (Wildman–Crippen MR) is 452 cm³/mol. The van der Waals surface area contributed by atoms with Gasteiger partial charge in [-0.1, -0.05) is 258 Å². The largest absolute Gasteiger partial charge is 0.486 e. The highest BCUT2D eigenvalue weighted by atomic mass is 16.5. The van der Waals surface area contributed by atoms with Crippen molar-refractivity contribution in [2.45, 2.75) is 37.2 Å². The van der Waals surface area contributed by atoms with E-state index in [-0.39, 0.29) is 12.0 Å². The predicted octanol–water partition coefficient (Wildman–Crippen LogP) is 27.2. The number of allylic oxidation sites excluding steroid dienone is 6. The zero-order valence-corrected chi connectivity index (χ0v) is 61.4. The molecule has 0 radical (unpaired) electrons. The molecule has 110 heavy (non-hydrogen) atoms. The van der Waals surface area contributed by atoms with Gasteiger partial charge in [0.2, 0.25) is 0 Å². The Morgan fingerprint density at radius 2 is 0.718 bits per heavy atom. The first-order valence-electron chi connectivity index (χ1n) is 37.9. The Balaban J connectivity index is 0.701. The van der Waals surface area contributed by atoms with Crippen LogP contribution >= 0.6 is 0 Å². The molecule has 0 heterocycles. The van der Waals surface area contributed by atoms with E-state index in [1.807, 2.05) is 66.7 Å². The molecular formula is C104H80N2O4. The topological polar surface area (TPSA) is 43.4 Å². The highest BCUT2D eigenvalue weighted by molar-refractivity contribution is 5.92. The van der Waals surface area contributed by atoms with Crippen LogP contribution in [-0.4, -0.2) is 6.10 Å². The Bertz CT molecular complexity index is 5850. The van der Waals surface area contributed by atoms with Crippen molar-refractivity contribution < 1.29 is 18.9 Å². The molecule has 4 unspecified atom stereocenters. The van der Waals surface area contributed by atoms with E-state index >= 15 is 0 Å². The van der Waals surface area contributed by atoms with Gasteiger partial charge in [0.05, 0.1) is 10.8 Å².